The number of hydrogen-bond acceptors (Lipinski definition) is 4. The highest BCUT2D eigenvalue weighted by molar-refractivity contribution is 7.09. The molecule has 0 spiro atoms. The Kier molecular flexibility index (Phi) is 6.86. The van der Waals surface area contributed by atoms with E-state index < -0.39 is 0 Å². The second-order valence-corrected chi connectivity index (χ2v) is 9.45. The van der Waals surface area contributed by atoms with Crippen LogP contribution in [0, 0.1) is 13.8 Å². The van der Waals surface area contributed by atoms with Crippen molar-refractivity contribution in [1.29, 1.82) is 0 Å². The van der Waals surface area contributed by atoms with Gasteiger partial charge in [-0.2, -0.15) is 0 Å². The van der Waals surface area contributed by atoms with E-state index in [1.165, 1.54) is 4.88 Å². The lowest BCUT2D eigenvalue weighted by Gasteiger charge is -2.36. The summed E-state index contributed by atoms with van der Waals surface area (Å²) < 4.78 is 2.14. The van der Waals surface area contributed by atoms with Crippen LogP contribution in [0.15, 0.2) is 47.8 Å². The third-order valence-corrected chi connectivity index (χ3v) is 7.05. The van der Waals surface area contributed by atoms with Gasteiger partial charge in [-0.1, -0.05) is 17.7 Å². The predicted octanol–water partition coefficient (Wildman–Crippen LogP) is 3.95. The molecule has 8 heteroatoms. The molecule has 2 aromatic heterocycles. The van der Waals surface area contributed by atoms with Gasteiger partial charge in [0.05, 0.1) is 18.7 Å². The van der Waals surface area contributed by atoms with Gasteiger partial charge in [-0.05, 0) is 55.6 Å². The zero-order valence-corrected chi connectivity index (χ0v) is 19.9. The predicted molar refractivity (Wildman–Crippen MR) is 130 cm³/mol. The molecule has 1 aromatic carbocycles. The molecule has 0 radical (unpaired) electrons. The van der Waals surface area contributed by atoms with Gasteiger partial charge in [-0.15, -0.1) is 11.3 Å². The topological polar surface area (TPSA) is 57.6 Å². The lowest BCUT2D eigenvalue weighted by Crippen LogP contribution is -2.51. The molecule has 4 rings (SSSR count). The number of carbonyl (C=O) groups excluding carboxylic acids is 2. The number of rotatable bonds is 6. The summed E-state index contributed by atoms with van der Waals surface area (Å²) in [5.74, 6) is -0.259. The van der Waals surface area contributed by atoms with E-state index in [2.05, 4.69) is 26.2 Å². The van der Waals surface area contributed by atoms with Crippen LogP contribution in [0.3, 0.4) is 0 Å². The minimum absolute atomic E-state index is 0.00830. The Morgan fingerprint density at radius 1 is 1.06 bits per heavy atom. The summed E-state index contributed by atoms with van der Waals surface area (Å²) in [5, 5.41) is 5.58. The van der Waals surface area contributed by atoms with Crippen molar-refractivity contribution in [2.24, 2.45) is 0 Å². The van der Waals surface area contributed by atoms with E-state index >= 15 is 0 Å². The van der Waals surface area contributed by atoms with E-state index in [0.29, 0.717) is 23.7 Å². The highest BCUT2D eigenvalue weighted by atomic mass is 35.5. The normalized spacial score (nSPS) is 14.0. The maximum atomic E-state index is 12.8. The second kappa shape index (κ2) is 9.79. The molecular formula is C24H27ClN4O2S. The van der Waals surface area contributed by atoms with Crippen LogP contribution in [-0.4, -0.2) is 54.0 Å². The first-order chi connectivity index (χ1) is 15.4. The highest BCUT2D eigenvalue weighted by Crippen LogP contribution is 2.20. The first-order valence-electron chi connectivity index (χ1n) is 10.7. The van der Waals surface area contributed by atoms with E-state index in [1.807, 2.05) is 55.1 Å². The molecule has 1 N–H and O–H groups in total. The molecule has 3 aromatic rings. The molecule has 0 unspecified atom stereocenters. The number of aromatic nitrogens is 1. The number of anilines is 1. The first kappa shape index (κ1) is 22.4. The Hall–Kier alpha value is -2.77. The minimum atomic E-state index is -0.205. The van der Waals surface area contributed by atoms with Crippen molar-refractivity contribution in [3.05, 3.63) is 74.7 Å². The Labute approximate surface area is 197 Å². The molecule has 0 bridgehead atoms. The molecule has 1 fully saturated rings. The van der Waals surface area contributed by atoms with Gasteiger partial charge in [0.1, 0.15) is 0 Å². The van der Waals surface area contributed by atoms with Crippen molar-refractivity contribution in [1.82, 2.24) is 14.8 Å². The van der Waals surface area contributed by atoms with Crippen LogP contribution in [0.25, 0.3) is 0 Å². The quantitative estimate of drug-likeness (QED) is 0.593. The van der Waals surface area contributed by atoms with Gasteiger partial charge in [0, 0.05) is 53.2 Å². The van der Waals surface area contributed by atoms with Crippen LogP contribution in [0.5, 0.6) is 0 Å². The molecule has 3 heterocycles. The van der Waals surface area contributed by atoms with E-state index in [-0.39, 0.29) is 18.4 Å². The average Bonchev–Trinajstić information content (AvgIpc) is 3.42. The molecular weight excluding hydrogens is 444 g/mol. The number of benzene rings is 1. The number of hydrogen-bond donors (Lipinski definition) is 1. The first-order valence-corrected chi connectivity index (χ1v) is 11.9. The number of amides is 2. The van der Waals surface area contributed by atoms with Crippen molar-refractivity contribution < 1.29 is 9.59 Å². The largest absolute Gasteiger partial charge is 0.368 e. The summed E-state index contributed by atoms with van der Waals surface area (Å²) >= 11 is 7.67. The van der Waals surface area contributed by atoms with Gasteiger partial charge in [-0.3, -0.25) is 9.59 Å². The van der Waals surface area contributed by atoms with Crippen LogP contribution in [0.1, 0.15) is 26.6 Å². The highest BCUT2D eigenvalue weighted by Gasteiger charge is 2.23. The number of carbonyl (C=O) groups is 2. The lowest BCUT2D eigenvalue weighted by atomic mass is 10.2. The fourth-order valence-electron chi connectivity index (χ4n) is 4.06. The third kappa shape index (κ3) is 5.00. The fraction of sp³-hybridized carbons (Fsp3) is 0.333. The third-order valence-electron chi connectivity index (χ3n) is 5.94. The van der Waals surface area contributed by atoms with Crippen molar-refractivity contribution in [3.8, 4) is 0 Å². The number of thiophene rings is 1. The zero-order valence-electron chi connectivity index (χ0n) is 18.3. The Bertz CT molecular complexity index is 1080. The van der Waals surface area contributed by atoms with Gasteiger partial charge < -0.3 is 19.7 Å². The monoisotopic (exact) mass is 470 g/mol. The maximum absolute atomic E-state index is 12.8. The van der Waals surface area contributed by atoms with Crippen molar-refractivity contribution >= 4 is 40.4 Å². The van der Waals surface area contributed by atoms with E-state index in [1.54, 1.807) is 11.3 Å². The van der Waals surface area contributed by atoms with Crippen LogP contribution in [-0.2, 0) is 11.3 Å². The molecule has 2 amide bonds. The standard InChI is InChI=1S/C24H27ClN4O2S/c1-17-14-22(18(2)29(17)16-21-4-3-13-32-21)24(31)26-15-23(30)28-11-9-27(10-12-28)20-7-5-19(25)6-8-20/h3-8,13-14H,9-12,15-16H2,1-2H3,(H,26,31). The molecule has 0 atom stereocenters. The van der Waals surface area contributed by atoms with Gasteiger partial charge >= 0.3 is 0 Å². The summed E-state index contributed by atoms with van der Waals surface area (Å²) in [7, 11) is 0. The van der Waals surface area contributed by atoms with E-state index in [0.717, 1.165) is 36.7 Å². The molecule has 6 nitrogen and oxygen atoms in total. The maximum Gasteiger partial charge on any atom is 0.253 e. The summed E-state index contributed by atoms with van der Waals surface area (Å²) in [6.07, 6.45) is 0. The summed E-state index contributed by atoms with van der Waals surface area (Å²) in [6, 6.07) is 13.8. The smallest absolute Gasteiger partial charge is 0.253 e. The Balaban J connectivity index is 1.30. The van der Waals surface area contributed by atoms with E-state index in [4.69, 9.17) is 11.6 Å². The lowest BCUT2D eigenvalue weighted by molar-refractivity contribution is -0.130. The molecule has 0 saturated carbocycles. The van der Waals surface area contributed by atoms with Crippen LogP contribution < -0.4 is 10.2 Å². The molecule has 32 heavy (non-hydrogen) atoms. The number of aryl methyl sites for hydroxylation is 1. The van der Waals surface area contributed by atoms with Crippen molar-refractivity contribution in [2.75, 3.05) is 37.6 Å². The number of nitrogens with zero attached hydrogens (tertiary/aromatic N) is 3. The Morgan fingerprint density at radius 2 is 1.78 bits per heavy atom. The molecule has 1 aliphatic rings. The van der Waals surface area contributed by atoms with Gasteiger partial charge in [0.25, 0.3) is 5.91 Å². The SMILES string of the molecule is Cc1cc(C(=O)NCC(=O)N2CCN(c3ccc(Cl)cc3)CC2)c(C)n1Cc1cccs1. The van der Waals surface area contributed by atoms with Crippen LogP contribution in [0.4, 0.5) is 5.69 Å². The van der Waals surface area contributed by atoms with Gasteiger partial charge in [0.15, 0.2) is 0 Å². The molecule has 1 saturated heterocycles. The van der Waals surface area contributed by atoms with Gasteiger partial charge in [0.2, 0.25) is 5.91 Å². The Morgan fingerprint density at radius 3 is 2.44 bits per heavy atom. The zero-order chi connectivity index (χ0) is 22.7. The number of nitrogens with one attached hydrogen (secondary N) is 1. The molecule has 168 valence electrons. The number of piperazine rings is 1. The summed E-state index contributed by atoms with van der Waals surface area (Å²) in [5.41, 5.74) is 3.68. The molecule has 0 aliphatic carbocycles. The van der Waals surface area contributed by atoms with Crippen molar-refractivity contribution in [2.45, 2.75) is 20.4 Å². The van der Waals surface area contributed by atoms with Gasteiger partial charge in [-0.25, -0.2) is 0 Å². The van der Waals surface area contributed by atoms with Crippen molar-refractivity contribution in [3.63, 3.8) is 0 Å². The van der Waals surface area contributed by atoms with Crippen LogP contribution >= 0.6 is 22.9 Å². The van der Waals surface area contributed by atoms with E-state index in [9.17, 15) is 9.59 Å². The average molecular weight is 471 g/mol. The minimum Gasteiger partial charge on any atom is -0.368 e. The fourth-order valence-corrected chi connectivity index (χ4v) is 4.88. The molecule has 1 aliphatic heterocycles. The number of halogens is 1. The summed E-state index contributed by atoms with van der Waals surface area (Å²) in [4.78, 5) is 30.7. The summed E-state index contributed by atoms with van der Waals surface area (Å²) in [6.45, 7) is 7.49. The second-order valence-electron chi connectivity index (χ2n) is 7.98. The van der Waals surface area contributed by atoms with Crippen LogP contribution in [0.2, 0.25) is 5.02 Å².